The van der Waals surface area contributed by atoms with Crippen LogP contribution in [0, 0.1) is 0 Å². The van der Waals surface area contributed by atoms with E-state index in [-0.39, 0.29) is 24.2 Å². The van der Waals surface area contributed by atoms with E-state index < -0.39 is 0 Å². The first-order valence-corrected chi connectivity index (χ1v) is 9.55. The summed E-state index contributed by atoms with van der Waals surface area (Å²) in [6, 6.07) is 8.10. The van der Waals surface area contributed by atoms with E-state index in [1.165, 1.54) is 5.69 Å². The number of carbonyl (C=O) groups is 1. The van der Waals surface area contributed by atoms with Crippen LogP contribution in [0.5, 0.6) is 5.75 Å². The van der Waals surface area contributed by atoms with Crippen LogP contribution in [0.1, 0.15) is 20.8 Å². The fourth-order valence-corrected chi connectivity index (χ4v) is 3.94. The minimum absolute atomic E-state index is 0.0782. The molecule has 0 bridgehead atoms. The summed E-state index contributed by atoms with van der Waals surface area (Å²) in [6.45, 7) is 11.2. The van der Waals surface area contributed by atoms with Gasteiger partial charge in [0.1, 0.15) is 5.75 Å². The molecule has 6 nitrogen and oxygen atoms in total. The normalized spacial score (nSPS) is 25.8. The summed E-state index contributed by atoms with van der Waals surface area (Å²) in [6.07, 6.45) is 0.226. The number of hydrogen-bond donors (Lipinski definition) is 0. The molecule has 2 heterocycles. The molecule has 2 aliphatic heterocycles. The van der Waals surface area contributed by atoms with Gasteiger partial charge in [0.05, 0.1) is 25.4 Å². The lowest BCUT2D eigenvalue weighted by Crippen LogP contribution is -2.57. The second-order valence-corrected chi connectivity index (χ2v) is 7.40. The highest BCUT2D eigenvalue weighted by atomic mass is 16.5. The van der Waals surface area contributed by atoms with Crippen molar-refractivity contribution < 1.29 is 14.3 Å². The summed E-state index contributed by atoms with van der Waals surface area (Å²) in [5.41, 5.74) is 1.21. The second kappa shape index (κ2) is 8.27. The number of anilines is 1. The number of morpholine rings is 1. The Kier molecular flexibility index (Phi) is 6.04. The fourth-order valence-electron chi connectivity index (χ4n) is 3.94. The third-order valence-electron chi connectivity index (χ3n) is 5.39. The first kappa shape index (κ1) is 19.0. The minimum atomic E-state index is -0.0782. The van der Waals surface area contributed by atoms with Crippen molar-refractivity contribution in [2.24, 2.45) is 0 Å². The molecule has 0 aliphatic carbocycles. The predicted octanol–water partition coefficient (Wildman–Crippen LogP) is 1.84. The Morgan fingerprint density at radius 1 is 1.08 bits per heavy atom. The summed E-state index contributed by atoms with van der Waals surface area (Å²) >= 11 is 0. The third kappa shape index (κ3) is 4.30. The predicted molar refractivity (Wildman–Crippen MR) is 103 cm³/mol. The van der Waals surface area contributed by atoms with E-state index in [4.69, 9.17) is 9.47 Å². The van der Waals surface area contributed by atoms with Crippen molar-refractivity contribution >= 4 is 11.6 Å². The summed E-state index contributed by atoms with van der Waals surface area (Å²) in [5, 5.41) is 0. The van der Waals surface area contributed by atoms with E-state index in [9.17, 15) is 4.79 Å². The highest BCUT2D eigenvalue weighted by Gasteiger charge is 2.32. The Hall–Kier alpha value is -1.79. The van der Waals surface area contributed by atoms with Crippen LogP contribution in [0.3, 0.4) is 0 Å². The smallest absolute Gasteiger partial charge is 0.239 e. The van der Waals surface area contributed by atoms with Gasteiger partial charge in [-0.05, 0) is 45.0 Å². The Labute approximate surface area is 156 Å². The van der Waals surface area contributed by atoms with Crippen molar-refractivity contribution in [3.8, 4) is 5.75 Å². The monoisotopic (exact) mass is 361 g/mol. The van der Waals surface area contributed by atoms with Crippen LogP contribution < -0.4 is 9.64 Å². The largest absolute Gasteiger partial charge is 0.497 e. The molecular weight excluding hydrogens is 330 g/mol. The molecule has 3 atom stereocenters. The molecule has 1 amide bonds. The zero-order valence-corrected chi connectivity index (χ0v) is 16.4. The minimum Gasteiger partial charge on any atom is -0.497 e. The van der Waals surface area contributed by atoms with Gasteiger partial charge in [-0.3, -0.25) is 9.69 Å². The van der Waals surface area contributed by atoms with Gasteiger partial charge in [-0.15, -0.1) is 0 Å². The molecule has 0 N–H and O–H groups in total. The van der Waals surface area contributed by atoms with E-state index in [0.717, 1.165) is 31.9 Å². The molecule has 2 aliphatic rings. The standard InChI is InChI=1S/C20H31N3O3/c1-15-13-23(14-16(2)26-15)20(24)17(3)21-9-11-22(12-10-21)18-5-7-19(25-4)8-6-18/h5-8,15-17H,9-14H2,1-4H3/t15-,16-,17+/m0/s1. The molecule has 144 valence electrons. The van der Waals surface area contributed by atoms with Gasteiger partial charge in [0.25, 0.3) is 0 Å². The van der Waals surface area contributed by atoms with Crippen LogP contribution >= 0.6 is 0 Å². The highest BCUT2D eigenvalue weighted by Crippen LogP contribution is 2.21. The lowest BCUT2D eigenvalue weighted by molar-refractivity contribution is -0.148. The molecule has 0 aromatic heterocycles. The number of carbonyl (C=O) groups excluding carboxylic acids is 1. The Bertz CT molecular complexity index is 589. The number of amides is 1. The summed E-state index contributed by atoms with van der Waals surface area (Å²) in [7, 11) is 1.68. The number of benzene rings is 1. The number of hydrogen-bond acceptors (Lipinski definition) is 5. The number of rotatable bonds is 4. The lowest BCUT2D eigenvalue weighted by Gasteiger charge is -2.42. The van der Waals surface area contributed by atoms with E-state index >= 15 is 0 Å². The molecule has 0 radical (unpaired) electrons. The third-order valence-corrected chi connectivity index (χ3v) is 5.39. The zero-order valence-electron chi connectivity index (χ0n) is 16.4. The van der Waals surface area contributed by atoms with Crippen molar-refractivity contribution in [2.75, 3.05) is 51.3 Å². The zero-order chi connectivity index (χ0) is 18.7. The van der Waals surface area contributed by atoms with Crippen molar-refractivity contribution in [3.63, 3.8) is 0 Å². The number of piperazine rings is 1. The number of methoxy groups -OCH3 is 1. The molecule has 0 saturated carbocycles. The average molecular weight is 361 g/mol. The highest BCUT2D eigenvalue weighted by molar-refractivity contribution is 5.81. The van der Waals surface area contributed by atoms with Crippen LogP contribution in [-0.4, -0.2) is 80.3 Å². The van der Waals surface area contributed by atoms with Gasteiger partial charge in [0, 0.05) is 45.0 Å². The maximum absolute atomic E-state index is 12.9. The maximum Gasteiger partial charge on any atom is 0.239 e. The topological polar surface area (TPSA) is 45.2 Å². The lowest BCUT2D eigenvalue weighted by atomic mass is 10.1. The first-order valence-electron chi connectivity index (χ1n) is 9.55. The molecule has 0 spiro atoms. The number of ether oxygens (including phenoxy) is 2. The first-order chi connectivity index (χ1) is 12.5. The van der Waals surface area contributed by atoms with E-state index in [1.54, 1.807) is 7.11 Å². The van der Waals surface area contributed by atoms with Gasteiger partial charge in [-0.1, -0.05) is 0 Å². The molecule has 2 saturated heterocycles. The van der Waals surface area contributed by atoms with Gasteiger partial charge in [0.2, 0.25) is 5.91 Å². The van der Waals surface area contributed by atoms with Gasteiger partial charge < -0.3 is 19.3 Å². The molecule has 6 heteroatoms. The van der Waals surface area contributed by atoms with E-state index in [2.05, 4.69) is 21.9 Å². The number of nitrogens with zero attached hydrogens (tertiary/aromatic N) is 3. The van der Waals surface area contributed by atoms with Crippen molar-refractivity contribution in [3.05, 3.63) is 24.3 Å². The van der Waals surface area contributed by atoms with Crippen molar-refractivity contribution in [1.82, 2.24) is 9.80 Å². The average Bonchev–Trinajstić information content (AvgIpc) is 2.66. The molecule has 3 rings (SSSR count). The fraction of sp³-hybridized carbons (Fsp3) is 0.650. The quantitative estimate of drug-likeness (QED) is 0.819. The molecule has 1 aromatic carbocycles. The van der Waals surface area contributed by atoms with E-state index in [1.807, 2.05) is 37.8 Å². The van der Waals surface area contributed by atoms with Crippen molar-refractivity contribution in [1.29, 1.82) is 0 Å². The molecular formula is C20H31N3O3. The van der Waals surface area contributed by atoms with Crippen LogP contribution in [0.15, 0.2) is 24.3 Å². The Balaban J connectivity index is 1.54. The molecule has 2 fully saturated rings. The SMILES string of the molecule is COc1ccc(N2CCN([C@H](C)C(=O)N3C[C@H](C)O[C@@H](C)C3)CC2)cc1. The molecule has 26 heavy (non-hydrogen) atoms. The van der Waals surface area contributed by atoms with Gasteiger partial charge in [-0.25, -0.2) is 0 Å². The van der Waals surface area contributed by atoms with E-state index in [0.29, 0.717) is 13.1 Å². The van der Waals surface area contributed by atoms with Crippen LogP contribution in [0.25, 0.3) is 0 Å². The second-order valence-electron chi connectivity index (χ2n) is 7.40. The summed E-state index contributed by atoms with van der Waals surface area (Å²) < 4.78 is 11.0. The summed E-state index contributed by atoms with van der Waals surface area (Å²) in [5.74, 6) is 1.10. The van der Waals surface area contributed by atoms with Crippen LogP contribution in [-0.2, 0) is 9.53 Å². The van der Waals surface area contributed by atoms with Crippen LogP contribution in [0.2, 0.25) is 0 Å². The maximum atomic E-state index is 12.9. The van der Waals surface area contributed by atoms with Gasteiger partial charge in [-0.2, -0.15) is 0 Å². The van der Waals surface area contributed by atoms with Gasteiger partial charge in [0.15, 0.2) is 0 Å². The Morgan fingerprint density at radius 3 is 2.19 bits per heavy atom. The molecule has 1 aromatic rings. The van der Waals surface area contributed by atoms with Crippen LogP contribution in [0.4, 0.5) is 5.69 Å². The summed E-state index contributed by atoms with van der Waals surface area (Å²) in [4.78, 5) is 19.5. The van der Waals surface area contributed by atoms with Gasteiger partial charge >= 0.3 is 0 Å². The molecule has 0 unspecified atom stereocenters. The van der Waals surface area contributed by atoms with Crippen molar-refractivity contribution in [2.45, 2.75) is 39.0 Å². The Morgan fingerprint density at radius 2 is 1.65 bits per heavy atom.